The van der Waals surface area contributed by atoms with Gasteiger partial charge in [0.2, 0.25) is 0 Å². The maximum Gasteiger partial charge on any atom is 0.0123 e. The molecule has 0 rings (SSSR count). The molecule has 0 heterocycles. The average molecular weight is 119 g/mol. The fraction of sp³-hybridized carbons (Fsp3) is 1.00. The normalized spacial score (nSPS) is 10.3. The lowest BCUT2D eigenvalue weighted by Crippen LogP contribution is -2.15. The van der Waals surface area contributed by atoms with Crippen LogP contribution < -0.4 is 0 Å². The highest BCUT2D eigenvalue weighted by Gasteiger charge is 1.86. The lowest BCUT2D eigenvalue weighted by Gasteiger charge is -2.09. The van der Waals surface area contributed by atoms with Crippen LogP contribution in [0.15, 0.2) is 0 Å². The van der Waals surface area contributed by atoms with E-state index >= 15 is 0 Å². The largest absolute Gasteiger partial charge is 0.303 e. The topological polar surface area (TPSA) is 3.24 Å². The summed E-state index contributed by atoms with van der Waals surface area (Å²) in [6.45, 7) is 3.40. The summed E-state index contributed by atoms with van der Waals surface area (Å²) in [7, 11) is 4.82. The van der Waals surface area contributed by atoms with E-state index in [1.807, 2.05) is 0 Å². The fourth-order valence-electron chi connectivity index (χ4n) is 0.473. The Bertz CT molecular complexity index is 39.1. The first-order valence-electron chi connectivity index (χ1n) is 2.70. The molecule has 0 aliphatic heterocycles. The van der Waals surface area contributed by atoms with Crippen LogP contribution in [0.4, 0.5) is 0 Å². The molecular formula is C5H14NP. The second-order valence-electron chi connectivity index (χ2n) is 1.76. The zero-order chi connectivity index (χ0) is 5.70. The van der Waals surface area contributed by atoms with Crippen molar-refractivity contribution in [3.8, 4) is 0 Å². The average Bonchev–Trinajstić information content (AvgIpc) is 1.68. The zero-order valence-electron chi connectivity index (χ0n) is 5.15. The predicted molar refractivity (Wildman–Crippen MR) is 37.5 cm³/mol. The van der Waals surface area contributed by atoms with Crippen molar-refractivity contribution < 1.29 is 0 Å². The third kappa shape index (κ3) is 4.24. The van der Waals surface area contributed by atoms with Crippen LogP contribution in [0.1, 0.15) is 13.3 Å². The highest BCUT2D eigenvalue weighted by molar-refractivity contribution is 7.16. The molecule has 0 spiro atoms. The Morgan fingerprint density at radius 1 is 1.57 bits per heavy atom. The Kier molecular flexibility index (Phi) is 4.80. The molecule has 0 aromatic carbocycles. The summed E-state index contributed by atoms with van der Waals surface area (Å²) in [5, 5.41) is 0. The van der Waals surface area contributed by atoms with Crippen LogP contribution in [0.5, 0.6) is 0 Å². The van der Waals surface area contributed by atoms with Crippen molar-refractivity contribution in [3.05, 3.63) is 0 Å². The minimum absolute atomic E-state index is 1.09. The minimum atomic E-state index is 1.09. The molecule has 2 heteroatoms. The van der Waals surface area contributed by atoms with Gasteiger partial charge in [-0.3, -0.25) is 0 Å². The van der Waals surface area contributed by atoms with Crippen molar-refractivity contribution in [1.29, 1.82) is 0 Å². The third-order valence-corrected chi connectivity index (χ3v) is 1.54. The van der Waals surface area contributed by atoms with Crippen LogP contribution in [0.2, 0.25) is 0 Å². The van der Waals surface area contributed by atoms with E-state index in [4.69, 9.17) is 0 Å². The number of nitrogens with zero attached hydrogens (tertiary/aromatic N) is 1. The Morgan fingerprint density at radius 2 is 2.14 bits per heavy atom. The van der Waals surface area contributed by atoms with E-state index in [0.717, 1.165) is 6.29 Å². The smallest absolute Gasteiger partial charge is 0.0123 e. The molecule has 0 aliphatic rings. The summed E-state index contributed by atoms with van der Waals surface area (Å²) in [6, 6.07) is 0. The van der Waals surface area contributed by atoms with Gasteiger partial charge < -0.3 is 4.90 Å². The maximum absolute atomic E-state index is 2.69. The Labute approximate surface area is 48.3 Å². The van der Waals surface area contributed by atoms with Gasteiger partial charge in [0, 0.05) is 6.29 Å². The van der Waals surface area contributed by atoms with Crippen LogP contribution in [0.25, 0.3) is 0 Å². The summed E-state index contributed by atoms with van der Waals surface area (Å²) in [6.07, 6.45) is 2.35. The van der Waals surface area contributed by atoms with Crippen LogP contribution in [0.3, 0.4) is 0 Å². The third-order valence-electron chi connectivity index (χ3n) is 0.917. The first-order chi connectivity index (χ1) is 3.31. The Balaban J connectivity index is 2.83. The molecule has 1 unspecified atom stereocenters. The van der Waals surface area contributed by atoms with Gasteiger partial charge in [-0.25, -0.2) is 0 Å². The molecule has 0 fully saturated rings. The van der Waals surface area contributed by atoms with Crippen molar-refractivity contribution >= 4 is 9.24 Å². The van der Waals surface area contributed by atoms with E-state index in [1.54, 1.807) is 0 Å². The second kappa shape index (κ2) is 4.55. The van der Waals surface area contributed by atoms with E-state index in [0.29, 0.717) is 0 Å². The van der Waals surface area contributed by atoms with Gasteiger partial charge in [0.1, 0.15) is 0 Å². The lowest BCUT2D eigenvalue weighted by molar-refractivity contribution is 0.392. The summed E-state index contributed by atoms with van der Waals surface area (Å²) >= 11 is 0. The summed E-state index contributed by atoms with van der Waals surface area (Å²) in [4.78, 5) is 2.27. The standard InChI is InChI=1S/C5H14NP/c1-3-4-6(2)5-7/h3-5,7H2,1-2H3. The Hall–Kier alpha value is 0.390. The van der Waals surface area contributed by atoms with Gasteiger partial charge in [0.05, 0.1) is 0 Å². The molecule has 0 bridgehead atoms. The van der Waals surface area contributed by atoms with Gasteiger partial charge in [0.25, 0.3) is 0 Å². The SMILES string of the molecule is CCCN(C)CP. The van der Waals surface area contributed by atoms with Crippen molar-refractivity contribution in [3.63, 3.8) is 0 Å². The second-order valence-corrected chi connectivity index (χ2v) is 2.13. The van der Waals surface area contributed by atoms with Crippen LogP contribution in [-0.4, -0.2) is 24.8 Å². The van der Waals surface area contributed by atoms with Gasteiger partial charge >= 0.3 is 0 Å². The molecule has 0 amide bonds. The Morgan fingerprint density at radius 3 is 2.29 bits per heavy atom. The van der Waals surface area contributed by atoms with Crippen molar-refractivity contribution in [1.82, 2.24) is 4.90 Å². The summed E-state index contributed by atoms with van der Waals surface area (Å²) < 4.78 is 0. The molecule has 0 aromatic heterocycles. The summed E-state index contributed by atoms with van der Waals surface area (Å²) in [5.41, 5.74) is 0. The number of hydrogen-bond donors (Lipinski definition) is 0. The summed E-state index contributed by atoms with van der Waals surface area (Å²) in [5.74, 6) is 0. The van der Waals surface area contributed by atoms with E-state index in [2.05, 4.69) is 28.1 Å². The van der Waals surface area contributed by atoms with E-state index in [1.165, 1.54) is 13.0 Å². The molecule has 7 heavy (non-hydrogen) atoms. The highest BCUT2D eigenvalue weighted by atomic mass is 31.0. The lowest BCUT2D eigenvalue weighted by atomic mass is 10.5. The molecule has 0 saturated heterocycles. The maximum atomic E-state index is 2.69. The van der Waals surface area contributed by atoms with E-state index < -0.39 is 0 Å². The molecule has 44 valence electrons. The van der Waals surface area contributed by atoms with Crippen LogP contribution in [0, 0.1) is 0 Å². The molecule has 0 saturated carbocycles. The molecule has 0 aliphatic carbocycles. The molecule has 0 N–H and O–H groups in total. The van der Waals surface area contributed by atoms with Gasteiger partial charge in [-0.15, -0.1) is 9.24 Å². The molecular weight excluding hydrogens is 105 g/mol. The zero-order valence-corrected chi connectivity index (χ0v) is 6.30. The first-order valence-corrected chi connectivity index (χ1v) is 3.51. The van der Waals surface area contributed by atoms with Gasteiger partial charge in [-0.2, -0.15) is 0 Å². The van der Waals surface area contributed by atoms with Crippen LogP contribution >= 0.6 is 9.24 Å². The van der Waals surface area contributed by atoms with Gasteiger partial charge in [0.15, 0.2) is 0 Å². The van der Waals surface area contributed by atoms with Crippen LogP contribution in [-0.2, 0) is 0 Å². The molecule has 1 atom stereocenters. The van der Waals surface area contributed by atoms with Crippen molar-refractivity contribution in [2.75, 3.05) is 19.9 Å². The minimum Gasteiger partial charge on any atom is -0.303 e. The van der Waals surface area contributed by atoms with Crippen molar-refractivity contribution in [2.45, 2.75) is 13.3 Å². The fourth-order valence-corrected chi connectivity index (χ4v) is 0.656. The first kappa shape index (κ1) is 7.39. The van der Waals surface area contributed by atoms with E-state index in [-0.39, 0.29) is 0 Å². The number of hydrogen-bond acceptors (Lipinski definition) is 1. The monoisotopic (exact) mass is 119 g/mol. The molecule has 0 aromatic rings. The number of rotatable bonds is 3. The molecule has 0 radical (unpaired) electrons. The van der Waals surface area contributed by atoms with Gasteiger partial charge in [-0.05, 0) is 20.0 Å². The van der Waals surface area contributed by atoms with E-state index in [9.17, 15) is 0 Å². The predicted octanol–water partition coefficient (Wildman–Crippen LogP) is 1.16. The quantitative estimate of drug-likeness (QED) is 0.504. The van der Waals surface area contributed by atoms with Crippen molar-refractivity contribution in [2.24, 2.45) is 0 Å². The molecule has 1 nitrogen and oxygen atoms in total. The highest BCUT2D eigenvalue weighted by Crippen LogP contribution is 1.89. The van der Waals surface area contributed by atoms with Gasteiger partial charge in [-0.1, -0.05) is 6.92 Å².